The monoisotopic (exact) mass is 673 g/mol. The van der Waals surface area contributed by atoms with Gasteiger partial charge in [0.1, 0.15) is 23.0 Å². The molecule has 0 radical (unpaired) electrons. The highest BCUT2D eigenvalue weighted by atomic mass is 35.5. The summed E-state index contributed by atoms with van der Waals surface area (Å²) in [4.78, 5) is 34.8. The number of amides is 1. The molecule has 1 amide bonds. The van der Waals surface area contributed by atoms with Gasteiger partial charge in [-0.3, -0.25) is 14.2 Å². The van der Waals surface area contributed by atoms with Crippen LogP contribution in [-0.4, -0.2) is 52.6 Å². The number of nitrogen functional groups attached to an aromatic ring is 1. The second-order valence-electron chi connectivity index (χ2n) is 11.0. The number of rotatable bonds is 5. The van der Waals surface area contributed by atoms with Gasteiger partial charge in [-0.05, 0) is 42.8 Å². The molecule has 1 saturated heterocycles. The molecule has 1 fully saturated rings. The number of carbonyl (C=O) groups is 1. The molecule has 3 N–H and O–H groups in total. The van der Waals surface area contributed by atoms with Crippen LogP contribution in [0.15, 0.2) is 41.4 Å². The average Bonchev–Trinajstić information content (AvgIpc) is 3.02. The number of halogens is 5. The van der Waals surface area contributed by atoms with E-state index in [0.29, 0.717) is 24.2 Å². The number of nitriles is 1. The fourth-order valence-electron chi connectivity index (χ4n) is 5.75. The number of carbonyl (C=O) groups excluding carboxylic acids is 1. The first kappa shape index (κ1) is 32.3. The molecule has 2 aliphatic rings. The third-order valence-corrected chi connectivity index (χ3v) is 9.14. The topological polar surface area (TPSA) is 120 Å². The van der Waals surface area contributed by atoms with Crippen LogP contribution in [0.3, 0.4) is 0 Å². The number of nitrogens with one attached hydrogen (secondary N) is 1. The third-order valence-electron chi connectivity index (χ3n) is 8.02. The molecule has 1 atom stereocenters. The summed E-state index contributed by atoms with van der Waals surface area (Å²) in [5.41, 5.74) is 4.87. The molecule has 45 heavy (non-hydrogen) atoms. The molecule has 0 bridgehead atoms. The summed E-state index contributed by atoms with van der Waals surface area (Å²) < 4.78 is 31.4. The van der Waals surface area contributed by atoms with E-state index in [1.807, 2.05) is 25.7 Å². The van der Waals surface area contributed by atoms with Crippen LogP contribution in [0.4, 0.5) is 20.2 Å². The molecule has 14 heteroatoms. The first-order valence-corrected chi connectivity index (χ1v) is 15.1. The van der Waals surface area contributed by atoms with E-state index in [1.165, 1.54) is 16.7 Å². The summed E-state index contributed by atoms with van der Waals surface area (Å²) in [5.74, 6) is -2.70. The Balaban J connectivity index is 1.90. The molecule has 234 valence electrons. The van der Waals surface area contributed by atoms with E-state index in [1.54, 1.807) is 17.2 Å². The van der Waals surface area contributed by atoms with Crippen molar-refractivity contribution in [2.45, 2.75) is 26.8 Å². The maximum atomic E-state index is 15.6. The predicted molar refractivity (Wildman–Crippen MR) is 174 cm³/mol. The predicted octanol–water partition coefficient (Wildman–Crippen LogP) is 5.96. The molecule has 9 nitrogen and oxygen atoms in total. The molecular weight excluding hydrogens is 647 g/mol. The first-order valence-electron chi connectivity index (χ1n) is 13.9. The van der Waals surface area contributed by atoms with E-state index in [-0.39, 0.29) is 58.6 Å². The highest BCUT2D eigenvalue weighted by molar-refractivity contribution is 6.44. The Morgan fingerprint density at radius 1 is 1.20 bits per heavy atom. The van der Waals surface area contributed by atoms with Gasteiger partial charge in [-0.2, -0.15) is 5.26 Å². The number of pyridine rings is 2. The Bertz CT molecular complexity index is 1910. The second-order valence-corrected chi connectivity index (χ2v) is 12.2. The van der Waals surface area contributed by atoms with Crippen LogP contribution < -0.4 is 21.5 Å². The lowest BCUT2D eigenvalue weighted by atomic mass is 9.94. The maximum Gasteiger partial charge on any atom is 0.276 e. The minimum atomic E-state index is -1.23. The lowest BCUT2D eigenvalue weighted by Gasteiger charge is -2.37. The number of hydrogen-bond acceptors (Lipinski definition) is 7. The summed E-state index contributed by atoms with van der Waals surface area (Å²) in [5, 5.41) is 12.8. The zero-order chi connectivity index (χ0) is 32.9. The lowest BCUT2D eigenvalue weighted by molar-refractivity contribution is -0.126. The summed E-state index contributed by atoms with van der Waals surface area (Å²) in [6.45, 7) is 10.5. The maximum absolute atomic E-state index is 15.6. The third kappa shape index (κ3) is 5.31. The van der Waals surface area contributed by atoms with E-state index in [4.69, 9.17) is 45.5 Å². The van der Waals surface area contributed by atoms with Crippen molar-refractivity contribution in [3.05, 3.63) is 79.2 Å². The van der Waals surface area contributed by atoms with Gasteiger partial charge in [0.05, 0.1) is 43.8 Å². The number of allylic oxidation sites excluding steroid dienone is 2. The molecule has 0 aliphatic carbocycles. The van der Waals surface area contributed by atoms with Gasteiger partial charge in [0.2, 0.25) is 5.91 Å². The molecule has 2 aliphatic heterocycles. The van der Waals surface area contributed by atoms with Crippen LogP contribution in [0.2, 0.25) is 15.1 Å². The van der Waals surface area contributed by atoms with E-state index >= 15 is 4.39 Å². The lowest BCUT2D eigenvalue weighted by Crippen LogP contribution is -2.49. The van der Waals surface area contributed by atoms with E-state index < -0.39 is 38.5 Å². The van der Waals surface area contributed by atoms with E-state index in [2.05, 4.69) is 18.0 Å². The highest BCUT2D eigenvalue weighted by Crippen LogP contribution is 2.44. The van der Waals surface area contributed by atoms with Crippen molar-refractivity contribution in [2.75, 3.05) is 36.8 Å². The molecule has 0 spiro atoms. The highest BCUT2D eigenvalue weighted by Gasteiger charge is 2.33. The van der Waals surface area contributed by atoms with Gasteiger partial charge in [0.25, 0.3) is 5.56 Å². The van der Waals surface area contributed by atoms with Gasteiger partial charge in [0, 0.05) is 31.6 Å². The van der Waals surface area contributed by atoms with Gasteiger partial charge >= 0.3 is 0 Å². The molecule has 5 rings (SSSR count). The largest absolute Gasteiger partial charge is 0.394 e. The summed E-state index contributed by atoms with van der Waals surface area (Å²) in [7, 11) is 0. The Morgan fingerprint density at radius 3 is 2.47 bits per heavy atom. The zero-order valence-electron chi connectivity index (χ0n) is 24.5. The van der Waals surface area contributed by atoms with E-state index in [9.17, 15) is 19.2 Å². The Hall–Kier alpha value is -4.11. The second kappa shape index (κ2) is 12.4. The first-order chi connectivity index (χ1) is 21.3. The number of piperazine rings is 1. The van der Waals surface area contributed by atoms with Gasteiger partial charge in [-0.25, -0.2) is 13.8 Å². The SMILES string of the molecule is C=CC(=O)N1CCN(c2c(C#N)c(=O)n(C3=C(C)C=CN[C@@H]3C(C)C)c3nc(-c4c(F)c(N)c(F)c(Cl)c4Cl)c(Cl)cc23)CC1. The quantitative estimate of drug-likeness (QED) is 0.148. The van der Waals surface area contributed by atoms with Crippen LogP contribution in [0.1, 0.15) is 26.3 Å². The standard InChI is InChI=1S/C31H28Cl3F2N7O2/c1-5-19(44)41-8-10-42(11-9-41)29-16-12-18(32)27(20-21(33)22(34)24(36)25(38)23(20)35)40-30(16)43(31(45)17(29)13-37)28-15(4)6-7-39-26(28)14(2)3/h5-7,12,14,26,39H,1,8-11,38H2,2-4H3/t26-/m1/s1. The Labute approximate surface area is 272 Å². The summed E-state index contributed by atoms with van der Waals surface area (Å²) in [6, 6.07) is 3.17. The van der Waals surface area contributed by atoms with Crippen LogP contribution >= 0.6 is 34.8 Å². The molecule has 0 saturated carbocycles. The minimum Gasteiger partial charge on any atom is -0.394 e. The zero-order valence-corrected chi connectivity index (χ0v) is 26.8. The molecule has 2 aromatic heterocycles. The van der Waals surface area contributed by atoms with Gasteiger partial charge in [-0.1, -0.05) is 55.2 Å². The fraction of sp³-hybridized carbons (Fsp3) is 0.290. The number of hydrogen-bond donors (Lipinski definition) is 2. The molecule has 1 aromatic carbocycles. The Kier molecular flexibility index (Phi) is 8.86. The van der Waals surface area contributed by atoms with Crippen LogP contribution in [0, 0.1) is 28.9 Å². The van der Waals surface area contributed by atoms with Gasteiger partial charge in [-0.15, -0.1) is 0 Å². The molecule has 0 unspecified atom stereocenters. The fourth-order valence-corrected chi connectivity index (χ4v) is 6.44. The Morgan fingerprint density at radius 2 is 1.87 bits per heavy atom. The van der Waals surface area contributed by atoms with Crippen molar-refractivity contribution < 1.29 is 13.6 Å². The normalized spacial score (nSPS) is 16.8. The van der Waals surface area contributed by atoms with Crippen LogP contribution in [0.25, 0.3) is 28.0 Å². The van der Waals surface area contributed by atoms with Gasteiger partial charge < -0.3 is 20.9 Å². The molecule has 4 heterocycles. The summed E-state index contributed by atoms with van der Waals surface area (Å²) in [6.07, 6.45) is 4.79. The van der Waals surface area contributed by atoms with Gasteiger partial charge in [0.15, 0.2) is 11.6 Å². The van der Waals surface area contributed by atoms with Crippen LogP contribution in [-0.2, 0) is 4.79 Å². The number of fused-ring (bicyclic) bond motifs is 1. The van der Waals surface area contributed by atoms with Crippen LogP contribution in [0.5, 0.6) is 0 Å². The average molecular weight is 675 g/mol. The summed E-state index contributed by atoms with van der Waals surface area (Å²) >= 11 is 19.2. The van der Waals surface area contributed by atoms with Crippen molar-refractivity contribution in [2.24, 2.45) is 5.92 Å². The number of benzene rings is 1. The van der Waals surface area contributed by atoms with Crippen molar-refractivity contribution in [3.63, 3.8) is 0 Å². The van der Waals surface area contributed by atoms with Crippen molar-refractivity contribution in [1.82, 2.24) is 19.8 Å². The number of nitrogens with zero attached hydrogens (tertiary/aromatic N) is 5. The van der Waals surface area contributed by atoms with E-state index in [0.717, 1.165) is 5.57 Å². The number of nitrogens with two attached hydrogens (primary N) is 1. The van der Waals surface area contributed by atoms with Crippen molar-refractivity contribution in [3.8, 4) is 17.3 Å². The molecule has 3 aromatic rings. The number of aromatic nitrogens is 2. The number of anilines is 2. The molecular formula is C31H28Cl3F2N7O2. The van der Waals surface area contributed by atoms with Crippen molar-refractivity contribution >= 4 is 68.8 Å². The van der Waals surface area contributed by atoms with Crippen molar-refractivity contribution in [1.29, 1.82) is 5.26 Å². The number of dihydropyridines is 1. The smallest absolute Gasteiger partial charge is 0.276 e. The minimum absolute atomic E-state index is 0.0168.